The van der Waals surface area contributed by atoms with E-state index in [9.17, 15) is 9.18 Å². The van der Waals surface area contributed by atoms with Crippen molar-refractivity contribution in [3.63, 3.8) is 0 Å². The minimum atomic E-state index is -0.928. The first kappa shape index (κ1) is 11.5. The number of halogens is 1. The summed E-state index contributed by atoms with van der Waals surface area (Å²) in [6.45, 7) is 3.23. The number of carboxylic acids is 1. The number of ether oxygens (including phenoxy) is 1. The van der Waals surface area contributed by atoms with E-state index in [1.807, 2.05) is 0 Å². The standard InChI is InChI=1S/C11H13FO3/c1-7-3-4-9(5-10(7)12)15-6-8(2)11(13)14/h3-5,8H,6H2,1-2H3,(H,13,14)/t8-/m1/s1. The first-order valence-electron chi connectivity index (χ1n) is 4.62. The van der Waals surface area contributed by atoms with Crippen LogP contribution in [0, 0.1) is 18.7 Å². The lowest BCUT2D eigenvalue weighted by Gasteiger charge is -2.09. The molecule has 0 saturated heterocycles. The highest BCUT2D eigenvalue weighted by molar-refractivity contribution is 5.69. The molecular formula is C11H13FO3. The van der Waals surface area contributed by atoms with Crippen molar-refractivity contribution in [3.8, 4) is 5.75 Å². The molecule has 0 radical (unpaired) electrons. The van der Waals surface area contributed by atoms with E-state index in [1.165, 1.54) is 13.0 Å². The maximum Gasteiger partial charge on any atom is 0.309 e. The summed E-state index contributed by atoms with van der Waals surface area (Å²) in [5.74, 6) is -1.53. The molecule has 0 heterocycles. The van der Waals surface area contributed by atoms with Gasteiger partial charge in [-0.15, -0.1) is 0 Å². The zero-order valence-electron chi connectivity index (χ0n) is 8.66. The largest absolute Gasteiger partial charge is 0.493 e. The Hall–Kier alpha value is -1.58. The third kappa shape index (κ3) is 3.23. The smallest absolute Gasteiger partial charge is 0.309 e. The van der Waals surface area contributed by atoms with Gasteiger partial charge < -0.3 is 9.84 Å². The van der Waals surface area contributed by atoms with Crippen molar-refractivity contribution < 1.29 is 19.0 Å². The average molecular weight is 212 g/mol. The number of benzene rings is 1. The van der Waals surface area contributed by atoms with Crippen LogP contribution in [0.3, 0.4) is 0 Å². The van der Waals surface area contributed by atoms with Crippen LogP contribution in [-0.4, -0.2) is 17.7 Å². The monoisotopic (exact) mass is 212 g/mol. The summed E-state index contributed by atoms with van der Waals surface area (Å²) < 4.78 is 18.2. The molecule has 0 aliphatic carbocycles. The average Bonchev–Trinajstić information content (AvgIpc) is 2.19. The van der Waals surface area contributed by atoms with Gasteiger partial charge in [0.05, 0.1) is 5.92 Å². The Balaban J connectivity index is 2.58. The van der Waals surface area contributed by atoms with Gasteiger partial charge in [-0.25, -0.2) is 4.39 Å². The Bertz CT molecular complexity index is 363. The minimum Gasteiger partial charge on any atom is -0.493 e. The molecule has 4 heteroatoms. The highest BCUT2D eigenvalue weighted by Gasteiger charge is 2.11. The molecule has 15 heavy (non-hydrogen) atoms. The Kier molecular flexibility index (Phi) is 3.66. The van der Waals surface area contributed by atoms with Gasteiger partial charge in [0.25, 0.3) is 0 Å². The molecule has 0 fully saturated rings. The summed E-state index contributed by atoms with van der Waals surface area (Å²) in [5.41, 5.74) is 0.536. The van der Waals surface area contributed by atoms with Crippen LogP contribution in [0.5, 0.6) is 5.75 Å². The summed E-state index contributed by atoms with van der Waals surface area (Å²) in [5, 5.41) is 8.60. The van der Waals surface area contributed by atoms with Crippen molar-refractivity contribution >= 4 is 5.97 Å². The van der Waals surface area contributed by atoms with E-state index in [0.29, 0.717) is 11.3 Å². The van der Waals surface area contributed by atoms with Crippen LogP contribution in [0.4, 0.5) is 4.39 Å². The maximum absolute atomic E-state index is 13.1. The fourth-order valence-electron chi connectivity index (χ4n) is 0.956. The van der Waals surface area contributed by atoms with Gasteiger partial charge in [-0.2, -0.15) is 0 Å². The van der Waals surface area contributed by atoms with Gasteiger partial charge in [-0.05, 0) is 25.5 Å². The van der Waals surface area contributed by atoms with Crippen LogP contribution < -0.4 is 4.74 Å². The molecule has 0 unspecified atom stereocenters. The number of rotatable bonds is 4. The highest BCUT2D eigenvalue weighted by Crippen LogP contribution is 2.16. The lowest BCUT2D eigenvalue weighted by Crippen LogP contribution is -2.17. The molecule has 1 N–H and O–H groups in total. The van der Waals surface area contributed by atoms with Gasteiger partial charge >= 0.3 is 5.97 Å². The van der Waals surface area contributed by atoms with Crippen LogP contribution in [-0.2, 0) is 4.79 Å². The van der Waals surface area contributed by atoms with E-state index in [4.69, 9.17) is 9.84 Å². The molecule has 82 valence electrons. The van der Waals surface area contributed by atoms with Gasteiger partial charge in [-0.1, -0.05) is 6.07 Å². The number of carboxylic acid groups (broad SMARTS) is 1. The maximum atomic E-state index is 13.1. The minimum absolute atomic E-state index is 0.0395. The van der Waals surface area contributed by atoms with E-state index in [-0.39, 0.29) is 12.4 Å². The van der Waals surface area contributed by atoms with E-state index in [0.717, 1.165) is 0 Å². The molecular weight excluding hydrogens is 199 g/mol. The van der Waals surface area contributed by atoms with E-state index >= 15 is 0 Å². The van der Waals surface area contributed by atoms with Crippen molar-refractivity contribution in [3.05, 3.63) is 29.6 Å². The highest BCUT2D eigenvalue weighted by atomic mass is 19.1. The SMILES string of the molecule is Cc1ccc(OC[C@@H](C)C(=O)O)cc1F. The van der Waals surface area contributed by atoms with Crippen LogP contribution in [0.1, 0.15) is 12.5 Å². The summed E-state index contributed by atoms with van der Waals surface area (Å²) in [6.07, 6.45) is 0. The van der Waals surface area contributed by atoms with Gasteiger partial charge in [0.1, 0.15) is 18.2 Å². The summed E-state index contributed by atoms with van der Waals surface area (Å²) >= 11 is 0. The molecule has 0 spiro atoms. The number of aryl methyl sites for hydroxylation is 1. The molecule has 0 aliphatic heterocycles. The molecule has 0 bridgehead atoms. The molecule has 1 aromatic rings. The first-order valence-corrected chi connectivity index (χ1v) is 4.62. The van der Waals surface area contributed by atoms with Crippen molar-refractivity contribution in [2.75, 3.05) is 6.61 Å². The van der Waals surface area contributed by atoms with Crippen molar-refractivity contribution in [1.82, 2.24) is 0 Å². The summed E-state index contributed by atoms with van der Waals surface area (Å²) in [7, 11) is 0. The molecule has 0 saturated carbocycles. The zero-order valence-corrected chi connectivity index (χ0v) is 8.66. The van der Waals surface area contributed by atoms with Gasteiger partial charge in [0, 0.05) is 6.07 Å². The fraction of sp³-hybridized carbons (Fsp3) is 0.364. The van der Waals surface area contributed by atoms with Crippen LogP contribution in [0.15, 0.2) is 18.2 Å². The predicted octanol–water partition coefficient (Wildman–Crippen LogP) is 2.23. The molecule has 1 rings (SSSR count). The third-order valence-corrected chi connectivity index (χ3v) is 2.06. The topological polar surface area (TPSA) is 46.5 Å². The second kappa shape index (κ2) is 4.77. The van der Waals surface area contributed by atoms with Crippen molar-refractivity contribution in [2.45, 2.75) is 13.8 Å². The Labute approximate surface area is 87.5 Å². The molecule has 0 aromatic heterocycles. The van der Waals surface area contributed by atoms with Crippen molar-refractivity contribution in [1.29, 1.82) is 0 Å². The molecule has 1 atom stereocenters. The lowest BCUT2D eigenvalue weighted by molar-refractivity contribution is -0.142. The quantitative estimate of drug-likeness (QED) is 0.832. The van der Waals surface area contributed by atoms with E-state index in [2.05, 4.69) is 0 Å². The number of aliphatic carboxylic acids is 1. The van der Waals surface area contributed by atoms with E-state index in [1.54, 1.807) is 19.1 Å². The summed E-state index contributed by atoms with van der Waals surface area (Å²) in [4.78, 5) is 10.5. The van der Waals surface area contributed by atoms with Crippen molar-refractivity contribution in [2.24, 2.45) is 5.92 Å². The first-order chi connectivity index (χ1) is 7.00. The second-order valence-electron chi connectivity index (χ2n) is 3.46. The number of hydrogen-bond acceptors (Lipinski definition) is 2. The Morgan fingerprint density at radius 3 is 2.80 bits per heavy atom. The van der Waals surface area contributed by atoms with Gasteiger partial charge in [0.15, 0.2) is 0 Å². The van der Waals surface area contributed by atoms with Crippen LogP contribution in [0.25, 0.3) is 0 Å². The van der Waals surface area contributed by atoms with Crippen LogP contribution in [0.2, 0.25) is 0 Å². The zero-order chi connectivity index (χ0) is 11.4. The van der Waals surface area contributed by atoms with Gasteiger partial charge in [0.2, 0.25) is 0 Å². The molecule has 0 amide bonds. The third-order valence-electron chi connectivity index (χ3n) is 2.06. The van der Waals surface area contributed by atoms with Crippen LogP contribution >= 0.6 is 0 Å². The predicted molar refractivity (Wildman–Crippen MR) is 53.4 cm³/mol. The summed E-state index contributed by atoms with van der Waals surface area (Å²) in [6, 6.07) is 4.47. The fourth-order valence-corrected chi connectivity index (χ4v) is 0.956. The number of hydrogen-bond donors (Lipinski definition) is 1. The Morgan fingerprint density at radius 2 is 2.27 bits per heavy atom. The number of carbonyl (C=O) groups is 1. The van der Waals surface area contributed by atoms with Gasteiger partial charge in [-0.3, -0.25) is 4.79 Å². The Morgan fingerprint density at radius 1 is 1.60 bits per heavy atom. The lowest BCUT2D eigenvalue weighted by atomic mass is 10.2. The second-order valence-corrected chi connectivity index (χ2v) is 3.46. The molecule has 0 aliphatic rings. The van der Waals surface area contributed by atoms with E-state index < -0.39 is 11.9 Å². The normalized spacial score (nSPS) is 12.2. The molecule has 3 nitrogen and oxygen atoms in total. The molecule has 1 aromatic carbocycles.